The fourth-order valence-electron chi connectivity index (χ4n) is 2.50. The summed E-state index contributed by atoms with van der Waals surface area (Å²) in [7, 11) is 0. The van der Waals surface area contributed by atoms with E-state index in [1.54, 1.807) is 12.3 Å². The summed E-state index contributed by atoms with van der Waals surface area (Å²) in [6.07, 6.45) is 4.29. The second-order valence-corrected chi connectivity index (χ2v) is 5.17. The maximum Gasteiger partial charge on any atom is 0.311 e. The van der Waals surface area contributed by atoms with Gasteiger partial charge in [-0.2, -0.15) is 0 Å². The van der Waals surface area contributed by atoms with E-state index in [4.69, 9.17) is 0 Å². The molecule has 0 aliphatic carbocycles. The van der Waals surface area contributed by atoms with Gasteiger partial charge in [0, 0.05) is 35.9 Å². The average Bonchev–Trinajstić information content (AvgIpc) is 2.90. The van der Waals surface area contributed by atoms with E-state index in [1.807, 2.05) is 6.20 Å². The summed E-state index contributed by atoms with van der Waals surface area (Å²) in [6.45, 7) is 2.64. The third-order valence-electron chi connectivity index (χ3n) is 3.59. The molecular weight excluding hydrogens is 280 g/mol. The van der Waals surface area contributed by atoms with Crippen molar-refractivity contribution in [2.45, 2.75) is 13.3 Å². The van der Waals surface area contributed by atoms with Crippen LogP contribution in [0.2, 0.25) is 0 Å². The van der Waals surface area contributed by atoms with Crippen molar-refractivity contribution < 1.29 is 4.92 Å². The molecule has 1 aromatic carbocycles. The van der Waals surface area contributed by atoms with E-state index in [1.165, 1.54) is 22.6 Å². The molecule has 0 saturated carbocycles. The molecule has 2 aromatic heterocycles. The van der Waals surface area contributed by atoms with E-state index < -0.39 is 4.92 Å². The van der Waals surface area contributed by atoms with Crippen LogP contribution in [0.1, 0.15) is 11.1 Å². The Balaban J connectivity index is 1.73. The van der Waals surface area contributed by atoms with Gasteiger partial charge >= 0.3 is 5.69 Å². The van der Waals surface area contributed by atoms with Crippen LogP contribution in [0, 0.1) is 17.0 Å². The number of hydrogen-bond donors (Lipinski definition) is 2. The normalized spacial score (nSPS) is 10.8. The lowest BCUT2D eigenvalue weighted by Crippen LogP contribution is -2.08. The molecule has 0 saturated heterocycles. The van der Waals surface area contributed by atoms with E-state index in [0.29, 0.717) is 12.4 Å². The standard InChI is InChI=1S/C16H16N4O2/c1-11-4-5-14-13(9-11)12(10-19-14)6-8-18-16-15(20(21)22)3-2-7-17-16/h2-5,7,9-10,19H,6,8H2,1H3,(H,17,18). The number of nitrogens with zero attached hydrogens (tertiary/aromatic N) is 2. The molecule has 2 N–H and O–H groups in total. The van der Waals surface area contributed by atoms with Gasteiger partial charge in [0.2, 0.25) is 5.82 Å². The molecule has 0 fully saturated rings. The highest BCUT2D eigenvalue weighted by Gasteiger charge is 2.13. The number of anilines is 1. The van der Waals surface area contributed by atoms with Crippen LogP contribution in [-0.2, 0) is 6.42 Å². The SMILES string of the molecule is Cc1ccc2[nH]cc(CCNc3ncccc3[N+](=O)[O-])c2c1. The number of hydrogen-bond acceptors (Lipinski definition) is 4. The molecule has 0 radical (unpaired) electrons. The van der Waals surface area contributed by atoms with Gasteiger partial charge in [-0.1, -0.05) is 11.6 Å². The van der Waals surface area contributed by atoms with Crippen molar-refractivity contribution >= 4 is 22.4 Å². The number of H-pyrrole nitrogens is 1. The highest BCUT2D eigenvalue weighted by atomic mass is 16.6. The molecule has 0 unspecified atom stereocenters. The highest BCUT2D eigenvalue weighted by Crippen LogP contribution is 2.22. The Kier molecular flexibility index (Phi) is 3.74. The number of nitro groups is 1. The topological polar surface area (TPSA) is 83.8 Å². The second kappa shape index (κ2) is 5.85. The van der Waals surface area contributed by atoms with Gasteiger partial charge in [-0.3, -0.25) is 10.1 Å². The van der Waals surface area contributed by atoms with Crippen molar-refractivity contribution in [3.8, 4) is 0 Å². The van der Waals surface area contributed by atoms with Gasteiger partial charge in [0.1, 0.15) is 0 Å². The lowest BCUT2D eigenvalue weighted by molar-refractivity contribution is -0.384. The summed E-state index contributed by atoms with van der Waals surface area (Å²) in [5.74, 6) is 0.309. The molecule has 0 aliphatic rings. The van der Waals surface area contributed by atoms with Crippen LogP contribution >= 0.6 is 0 Å². The molecule has 0 aliphatic heterocycles. The van der Waals surface area contributed by atoms with Crippen molar-refractivity contribution in [1.82, 2.24) is 9.97 Å². The molecule has 6 nitrogen and oxygen atoms in total. The molecule has 22 heavy (non-hydrogen) atoms. The van der Waals surface area contributed by atoms with Crippen LogP contribution in [0.3, 0.4) is 0 Å². The fourth-order valence-corrected chi connectivity index (χ4v) is 2.50. The van der Waals surface area contributed by atoms with E-state index in [-0.39, 0.29) is 5.69 Å². The van der Waals surface area contributed by atoms with Gasteiger partial charge in [0.15, 0.2) is 0 Å². The fraction of sp³-hybridized carbons (Fsp3) is 0.188. The molecule has 0 atom stereocenters. The number of benzene rings is 1. The van der Waals surface area contributed by atoms with E-state index in [0.717, 1.165) is 11.9 Å². The minimum Gasteiger partial charge on any atom is -0.364 e. The zero-order valence-corrected chi connectivity index (χ0v) is 12.2. The Bertz CT molecular complexity index is 826. The first-order chi connectivity index (χ1) is 10.6. The van der Waals surface area contributed by atoms with Crippen molar-refractivity contribution in [2.24, 2.45) is 0 Å². The number of aromatic amines is 1. The van der Waals surface area contributed by atoms with Crippen LogP contribution in [-0.4, -0.2) is 21.4 Å². The number of fused-ring (bicyclic) bond motifs is 1. The number of pyridine rings is 1. The Morgan fingerprint density at radius 2 is 2.23 bits per heavy atom. The van der Waals surface area contributed by atoms with Crippen LogP contribution < -0.4 is 5.32 Å². The van der Waals surface area contributed by atoms with Gasteiger partial charge < -0.3 is 10.3 Å². The summed E-state index contributed by atoms with van der Waals surface area (Å²) in [5.41, 5.74) is 3.49. The van der Waals surface area contributed by atoms with Gasteiger partial charge in [-0.05, 0) is 37.1 Å². The molecule has 112 valence electrons. The molecule has 3 rings (SSSR count). The van der Waals surface area contributed by atoms with E-state index >= 15 is 0 Å². The Hall–Kier alpha value is -2.89. The quantitative estimate of drug-likeness (QED) is 0.558. The zero-order chi connectivity index (χ0) is 15.5. The van der Waals surface area contributed by atoms with Crippen molar-refractivity contribution in [2.75, 3.05) is 11.9 Å². The van der Waals surface area contributed by atoms with Gasteiger partial charge in [0.25, 0.3) is 0 Å². The third kappa shape index (κ3) is 2.76. The summed E-state index contributed by atoms with van der Waals surface area (Å²) in [5, 5.41) is 15.2. The monoisotopic (exact) mass is 296 g/mol. The Morgan fingerprint density at radius 3 is 3.05 bits per heavy atom. The van der Waals surface area contributed by atoms with Gasteiger partial charge in [-0.15, -0.1) is 0 Å². The first kappa shape index (κ1) is 14.1. The summed E-state index contributed by atoms with van der Waals surface area (Å²) in [4.78, 5) is 17.8. The second-order valence-electron chi connectivity index (χ2n) is 5.17. The molecule has 6 heteroatoms. The first-order valence-corrected chi connectivity index (χ1v) is 7.05. The lowest BCUT2D eigenvalue weighted by Gasteiger charge is -2.05. The zero-order valence-electron chi connectivity index (χ0n) is 12.2. The Morgan fingerprint density at radius 1 is 1.36 bits per heavy atom. The summed E-state index contributed by atoms with van der Waals surface area (Å²) in [6, 6.07) is 9.28. The highest BCUT2D eigenvalue weighted by molar-refractivity contribution is 5.83. The molecular formula is C16H16N4O2. The smallest absolute Gasteiger partial charge is 0.311 e. The Labute approximate surface area is 127 Å². The summed E-state index contributed by atoms with van der Waals surface area (Å²) < 4.78 is 0. The van der Waals surface area contributed by atoms with E-state index in [2.05, 4.69) is 40.4 Å². The van der Waals surface area contributed by atoms with Crippen molar-refractivity contribution in [3.05, 3.63) is 64.0 Å². The number of nitrogens with one attached hydrogen (secondary N) is 2. The minimum absolute atomic E-state index is 0.00253. The van der Waals surface area contributed by atoms with Crippen LogP contribution in [0.25, 0.3) is 10.9 Å². The first-order valence-electron chi connectivity index (χ1n) is 7.05. The molecule has 0 amide bonds. The minimum atomic E-state index is -0.426. The van der Waals surface area contributed by atoms with Crippen LogP contribution in [0.4, 0.5) is 11.5 Å². The largest absolute Gasteiger partial charge is 0.364 e. The third-order valence-corrected chi connectivity index (χ3v) is 3.59. The van der Waals surface area contributed by atoms with Crippen LogP contribution in [0.15, 0.2) is 42.7 Å². The molecule has 3 aromatic rings. The number of rotatable bonds is 5. The predicted octanol–water partition coefficient (Wildman–Crippen LogP) is 3.43. The van der Waals surface area contributed by atoms with Gasteiger partial charge in [0.05, 0.1) is 4.92 Å². The molecule has 2 heterocycles. The van der Waals surface area contributed by atoms with Crippen LogP contribution in [0.5, 0.6) is 0 Å². The number of aryl methyl sites for hydroxylation is 1. The van der Waals surface area contributed by atoms with E-state index in [9.17, 15) is 10.1 Å². The number of aromatic nitrogens is 2. The van der Waals surface area contributed by atoms with Crippen molar-refractivity contribution in [3.63, 3.8) is 0 Å². The molecule has 0 bridgehead atoms. The van der Waals surface area contributed by atoms with Gasteiger partial charge in [-0.25, -0.2) is 4.98 Å². The lowest BCUT2D eigenvalue weighted by atomic mass is 10.1. The average molecular weight is 296 g/mol. The summed E-state index contributed by atoms with van der Waals surface area (Å²) >= 11 is 0. The molecule has 0 spiro atoms. The predicted molar refractivity (Wildman–Crippen MR) is 86.1 cm³/mol. The van der Waals surface area contributed by atoms with Crippen molar-refractivity contribution in [1.29, 1.82) is 0 Å². The maximum absolute atomic E-state index is 10.9. The maximum atomic E-state index is 10.9.